The van der Waals surface area contributed by atoms with Crippen LogP contribution in [0.3, 0.4) is 0 Å². The Bertz CT molecular complexity index is 1270. The minimum Gasteiger partial charge on any atom is -0.460 e. The van der Waals surface area contributed by atoms with Gasteiger partial charge >= 0.3 is 6.03 Å². The standard InChI is InChI=1S/C22H25N5O4S2/c1-4-16-5-6-17-14-20(32-19(17)13-16)33(29,30)26-11-9-25(10-12-26)22(28)27-8-7-18-21(23-27)31-15(2)24(18)3/h1,5-6,13-15,18H,7-12H2,2-3H3. The van der Waals surface area contributed by atoms with E-state index in [0.717, 1.165) is 22.1 Å². The zero-order chi connectivity index (χ0) is 23.3. The number of rotatable bonds is 2. The van der Waals surface area contributed by atoms with Crippen LogP contribution < -0.4 is 0 Å². The molecular formula is C22H25N5O4S2. The molecule has 4 heterocycles. The molecule has 1 aromatic heterocycles. The van der Waals surface area contributed by atoms with E-state index in [1.165, 1.54) is 20.7 Å². The van der Waals surface area contributed by atoms with Crippen molar-refractivity contribution in [2.45, 2.75) is 29.8 Å². The highest BCUT2D eigenvalue weighted by Crippen LogP contribution is 2.32. The van der Waals surface area contributed by atoms with E-state index in [9.17, 15) is 13.2 Å². The fourth-order valence-corrected chi connectivity index (χ4v) is 7.38. The third-order valence-electron chi connectivity index (χ3n) is 6.46. The number of benzene rings is 1. The van der Waals surface area contributed by atoms with E-state index >= 15 is 0 Å². The summed E-state index contributed by atoms with van der Waals surface area (Å²) >= 11 is 1.22. The predicted octanol–water partition coefficient (Wildman–Crippen LogP) is 2.00. The molecule has 0 saturated carbocycles. The molecule has 9 nitrogen and oxygen atoms in total. The summed E-state index contributed by atoms with van der Waals surface area (Å²) in [6.07, 6.45) is 6.15. The van der Waals surface area contributed by atoms with E-state index in [2.05, 4.69) is 15.9 Å². The molecule has 3 aliphatic heterocycles. The second-order valence-electron chi connectivity index (χ2n) is 8.38. The van der Waals surface area contributed by atoms with Gasteiger partial charge < -0.3 is 9.64 Å². The predicted molar refractivity (Wildman–Crippen MR) is 126 cm³/mol. The number of urea groups is 1. The zero-order valence-corrected chi connectivity index (χ0v) is 20.1. The number of ether oxygens (including phenoxy) is 1. The van der Waals surface area contributed by atoms with E-state index < -0.39 is 10.0 Å². The molecule has 2 unspecified atom stereocenters. The summed E-state index contributed by atoms with van der Waals surface area (Å²) in [7, 11) is -1.66. The Kier molecular flexibility index (Phi) is 5.56. The van der Waals surface area contributed by atoms with Crippen LogP contribution in [0.4, 0.5) is 4.79 Å². The number of fused-ring (bicyclic) bond motifs is 2. The number of terminal acetylenes is 1. The number of carbonyl (C=O) groups excluding carboxylic acids is 1. The topological polar surface area (TPSA) is 85.8 Å². The highest BCUT2D eigenvalue weighted by molar-refractivity contribution is 7.91. The van der Waals surface area contributed by atoms with E-state index in [4.69, 9.17) is 11.2 Å². The van der Waals surface area contributed by atoms with Gasteiger partial charge in [-0.15, -0.1) is 22.9 Å². The monoisotopic (exact) mass is 487 g/mol. The molecule has 3 aliphatic rings. The van der Waals surface area contributed by atoms with Crippen LogP contribution in [0.2, 0.25) is 0 Å². The molecule has 2 saturated heterocycles. The highest BCUT2D eigenvalue weighted by Gasteiger charge is 2.40. The van der Waals surface area contributed by atoms with Gasteiger partial charge in [0.25, 0.3) is 10.0 Å². The number of nitrogens with zero attached hydrogens (tertiary/aromatic N) is 5. The van der Waals surface area contributed by atoms with Crippen LogP contribution >= 0.6 is 11.3 Å². The quantitative estimate of drug-likeness (QED) is 0.605. The highest BCUT2D eigenvalue weighted by atomic mass is 32.2. The lowest BCUT2D eigenvalue weighted by Crippen LogP contribution is -2.54. The lowest BCUT2D eigenvalue weighted by Gasteiger charge is -2.36. The molecule has 11 heteroatoms. The molecule has 2 fully saturated rings. The second kappa shape index (κ2) is 8.29. The first kappa shape index (κ1) is 22.2. The Hall–Kier alpha value is -2.65. The van der Waals surface area contributed by atoms with Gasteiger partial charge in [0.2, 0.25) is 5.90 Å². The summed E-state index contributed by atoms with van der Waals surface area (Å²) in [5.41, 5.74) is 0.720. The van der Waals surface area contributed by atoms with Gasteiger partial charge in [-0.05, 0) is 44.0 Å². The number of hydrogen-bond acceptors (Lipinski definition) is 7. The Balaban J connectivity index is 1.26. The number of hydrogen-bond donors (Lipinski definition) is 0. The molecule has 5 rings (SSSR count). The van der Waals surface area contributed by atoms with Crippen molar-refractivity contribution in [3.8, 4) is 12.3 Å². The number of hydrazone groups is 1. The molecule has 2 aromatic rings. The summed E-state index contributed by atoms with van der Waals surface area (Å²) < 4.78 is 34.8. The summed E-state index contributed by atoms with van der Waals surface area (Å²) in [5, 5.41) is 6.72. The molecule has 1 aromatic carbocycles. The van der Waals surface area contributed by atoms with Crippen molar-refractivity contribution >= 4 is 43.4 Å². The average molecular weight is 488 g/mol. The van der Waals surface area contributed by atoms with Gasteiger partial charge in [0.1, 0.15) is 4.21 Å². The first-order chi connectivity index (χ1) is 15.8. The minimum absolute atomic E-state index is 0.0652. The number of carbonyl (C=O) groups is 1. The Morgan fingerprint density at radius 2 is 1.97 bits per heavy atom. The first-order valence-electron chi connectivity index (χ1n) is 10.8. The lowest BCUT2D eigenvalue weighted by molar-refractivity contribution is 0.100. The maximum atomic E-state index is 13.2. The Labute approximate surface area is 197 Å². The molecule has 0 bridgehead atoms. The molecule has 0 N–H and O–H groups in total. The number of sulfonamides is 1. The van der Waals surface area contributed by atoms with Gasteiger partial charge in [-0.3, -0.25) is 4.90 Å². The van der Waals surface area contributed by atoms with Crippen LogP contribution in [0.15, 0.2) is 33.6 Å². The molecule has 174 valence electrons. The maximum absolute atomic E-state index is 13.2. The molecule has 2 atom stereocenters. The largest absolute Gasteiger partial charge is 0.460 e. The molecular weight excluding hydrogens is 462 g/mol. The molecule has 33 heavy (non-hydrogen) atoms. The summed E-state index contributed by atoms with van der Waals surface area (Å²) in [4.78, 5) is 16.8. The third kappa shape index (κ3) is 3.87. The van der Waals surface area contributed by atoms with E-state index in [0.29, 0.717) is 25.5 Å². The fraction of sp³-hybridized carbons (Fsp3) is 0.455. The second-order valence-corrected chi connectivity index (χ2v) is 11.6. The maximum Gasteiger partial charge on any atom is 0.340 e. The van der Waals surface area contributed by atoms with Gasteiger partial charge in [0, 0.05) is 43.0 Å². The van der Waals surface area contributed by atoms with Crippen molar-refractivity contribution in [3.05, 3.63) is 29.8 Å². The summed E-state index contributed by atoms with van der Waals surface area (Å²) in [6.45, 7) is 3.56. The number of likely N-dealkylation sites (N-methyl/N-ethyl adjacent to an activating group) is 1. The van der Waals surface area contributed by atoms with E-state index in [-0.39, 0.29) is 35.6 Å². The van der Waals surface area contributed by atoms with Crippen molar-refractivity contribution in [1.29, 1.82) is 0 Å². The van der Waals surface area contributed by atoms with E-state index in [1.807, 2.05) is 26.1 Å². The lowest BCUT2D eigenvalue weighted by atomic mass is 10.1. The molecule has 0 aliphatic carbocycles. The van der Waals surface area contributed by atoms with Crippen LogP contribution in [0, 0.1) is 12.3 Å². The average Bonchev–Trinajstić information content (AvgIpc) is 3.39. The van der Waals surface area contributed by atoms with Crippen molar-refractivity contribution in [3.63, 3.8) is 0 Å². The van der Waals surface area contributed by atoms with Crippen LogP contribution in [0.5, 0.6) is 0 Å². The number of amides is 2. The van der Waals surface area contributed by atoms with Crippen molar-refractivity contribution in [2.24, 2.45) is 5.10 Å². The molecule has 0 spiro atoms. The van der Waals surface area contributed by atoms with Crippen LogP contribution in [-0.4, -0.2) is 91.5 Å². The van der Waals surface area contributed by atoms with Crippen LogP contribution in [-0.2, 0) is 14.8 Å². The van der Waals surface area contributed by atoms with Crippen molar-refractivity contribution in [1.82, 2.24) is 19.1 Å². The summed E-state index contributed by atoms with van der Waals surface area (Å²) in [5.74, 6) is 3.15. The van der Waals surface area contributed by atoms with Crippen LogP contribution in [0.1, 0.15) is 18.9 Å². The van der Waals surface area contributed by atoms with Crippen molar-refractivity contribution in [2.75, 3.05) is 39.8 Å². The molecule has 0 radical (unpaired) electrons. The Morgan fingerprint density at radius 1 is 1.21 bits per heavy atom. The van der Waals surface area contributed by atoms with E-state index in [1.54, 1.807) is 17.0 Å². The minimum atomic E-state index is -3.65. The van der Waals surface area contributed by atoms with Gasteiger partial charge in [-0.2, -0.15) is 4.31 Å². The number of piperazine rings is 1. The smallest absolute Gasteiger partial charge is 0.340 e. The Morgan fingerprint density at radius 3 is 2.70 bits per heavy atom. The fourth-order valence-electron chi connectivity index (χ4n) is 4.37. The van der Waals surface area contributed by atoms with Gasteiger partial charge in [-0.1, -0.05) is 12.0 Å². The number of thiophene rings is 1. The SMILES string of the molecule is C#Cc1ccc2cc(S(=O)(=O)N3CCN(C(=O)N4CCC5C(=N4)OC(C)N5C)CC3)sc2c1. The zero-order valence-electron chi connectivity index (χ0n) is 18.5. The van der Waals surface area contributed by atoms with Gasteiger partial charge in [0.05, 0.1) is 6.04 Å². The van der Waals surface area contributed by atoms with Crippen molar-refractivity contribution < 1.29 is 17.9 Å². The van der Waals surface area contributed by atoms with Crippen LogP contribution in [0.25, 0.3) is 10.1 Å². The first-order valence-corrected chi connectivity index (χ1v) is 13.1. The molecule has 2 amide bonds. The normalized spacial score (nSPS) is 24.3. The van der Waals surface area contributed by atoms with Gasteiger partial charge in [0.15, 0.2) is 6.23 Å². The van der Waals surface area contributed by atoms with Gasteiger partial charge in [-0.25, -0.2) is 18.2 Å². The third-order valence-corrected chi connectivity index (χ3v) is 9.91. The summed E-state index contributed by atoms with van der Waals surface area (Å²) in [6, 6.07) is 7.04.